The summed E-state index contributed by atoms with van der Waals surface area (Å²) in [4.78, 5) is 2.24. The first-order valence-electron chi connectivity index (χ1n) is 5.65. The minimum absolute atomic E-state index is 0.0799. The van der Waals surface area contributed by atoms with E-state index in [2.05, 4.69) is 53.9 Å². The van der Waals surface area contributed by atoms with Gasteiger partial charge < -0.3 is 10.0 Å². The maximum absolute atomic E-state index is 9.08. The highest BCUT2D eigenvalue weighted by Crippen LogP contribution is 2.24. The van der Waals surface area contributed by atoms with E-state index in [-0.39, 0.29) is 6.61 Å². The second-order valence-electron chi connectivity index (χ2n) is 4.54. The fourth-order valence-corrected chi connectivity index (χ4v) is 1.97. The van der Waals surface area contributed by atoms with Crippen molar-refractivity contribution in [3.8, 4) is 0 Å². The molecule has 1 aromatic carbocycles. The molecule has 0 aliphatic carbocycles. The first-order chi connectivity index (χ1) is 7.54. The van der Waals surface area contributed by atoms with Crippen LogP contribution in [0.4, 0.5) is 5.69 Å². The number of rotatable bonds is 5. The Morgan fingerprint density at radius 1 is 1.38 bits per heavy atom. The highest BCUT2D eigenvalue weighted by Gasteiger charge is 2.05. The third-order valence-electron chi connectivity index (χ3n) is 2.69. The number of benzene rings is 1. The Morgan fingerprint density at radius 2 is 2.06 bits per heavy atom. The zero-order chi connectivity index (χ0) is 12.1. The molecule has 0 saturated carbocycles. The van der Waals surface area contributed by atoms with Crippen LogP contribution >= 0.6 is 15.9 Å². The van der Waals surface area contributed by atoms with Crippen LogP contribution in [0.15, 0.2) is 22.7 Å². The average molecular weight is 286 g/mol. The fraction of sp³-hybridized carbons (Fsp3) is 0.538. The molecule has 0 amide bonds. The van der Waals surface area contributed by atoms with Gasteiger partial charge in [-0.3, -0.25) is 0 Å². The zero-order valence-corrected chi connectivity index (χ0v) is 11.8. The molecule has 0 aromatic heterocycles. The van der Waals surface area contributed by atoms with Gasteiger partial charge in [-0.1, -0.05) is 35.8 Å². The van der Waals surface area contributed by atoms with Crippen LogP contribution in [0, 0.1) is 5.92 Å². The zero-order valence-electron chi connectivity index (χ0n) is 10.2. The van der Waals surface area contributed by atoms with Gasteiger partial charge >= 0.3 is 0 Å². The van der Waals surface area contributed by atoms with Gasteiger partial charge in [0.25, 0.3) is 0 Å². The minimum Gasteiger partial charge on any atom is -0.392 e. The third kappa shape index (κ3) is 3.80. The van der Waals surface area contributed by atoms with E-state index in [1.54, 1.807) is 0 Å². The molecule has 0 heterocycles. The molecule has 0 fully saturated rings. The molecule has 0 atom stereocenters. The average Bonchev–Trinajstić information content (AvgIpc) is 2.25. The smallest absolute Gasteiger partial charge is 0.0692 e. The van der Waals surface area contributed by atoms with Crippen LogP contribution in [-0.2, 0) is 6.61 Å². The predicted molar refractivity (Wildman–Crippen MR) is 72.8 cm³/mol. The van der Waals surface area contributed by atoms with Gasteiger partial charge in [-0.25, -0.2) is 0 Å². The molecule has 0 aliphatic rings. The number of hydrogen-bond acceptors (Lipinski definition) is 2. The van der Waals surface area contributed by atoms with Gasteiger partial charge in [0.15, 0.2) is 0 Å². The molecule has 2 nitrogen and oxygen atoms in total. The summed E-state index contributed by atoms with van der Waals surface area (Å²) < 4.78 is 0.976. The summed E-state index contributed by atoms with van der Waals surface area (Å²) in [6.07, 6.45) is 1.19. The lowest BCUT2D eigenvalue weighted by atomic mass is 10.1. The van der Waals surface area contributed by atoms with Crippen molar-refractivity contribution in [2.24, 2.45) is 5.92 Å². The van der Waals surface area contributed by atoms with E-state index >= 15 is 0 Å². The standard InChI is InChI=1S/C13H20BrNO/c1-10(2)6-7-15(3)12-5-4-11(9-16)13(14)8-12/h4-5,8,10,16H,6-7,9H2,1-3H3. The van der Waals surface area contributed by atoms with Crippen LogP contribution in [0.3, 0.4) is 0 Å². The van der Waals surface area contributed by atoms with Crippen molar-refractivity contribution < 1.29 is 5.11 Å². The van der Waals surface area contributed by atoms with E-state index in [1.165, 1.54) is 12.1 Å². The van der Waals surface area contributed by atoms with E-state index in [4.69, 9.17) is 5.11 Å². The summed E-state index contributed by atoms with van der Waals surface area (Å²) in [7, 11) is 2.10. The van der Waals surface area contributed by atoms with Crippen molar-refractivity contribution in [3.05, 3.63) is 28.2 Å². The molecule has 0 saturated heterocycles. The van der Waals surface area contributed by atoms with Gasteiger partial charge in [0.1, 0.15) is 0 Å². The van der Waals surface area contributed by atoms with Crippen molar-refractivity contribution in [1.29, 1.82) is 0 Å². The maximum atomic E-state index is 9.08. The lowest BCUT2D eigenvalue weighted by Crippen LogP contribution is -2.19. The highest BCUT2D eigenvalue weighted by atomic mass is 79.9. The van der Waals surface area contributed by atoms with Crippen molar-refractivity contribution in [2.45, 2.75) is 26.9 Å². The molecule has 0 spiro atoms. The summed E-state index contributed by atoms with van der Waals surface area (Å²) in [6, 6.07) is 6.08. The monoisotopic (exact) mass is 285 g/mol. The number of aliphatic hydroxyl groups is 1. The molecule has 0 aliphatic heterocycles. The van der Waals surface area contributed by atoms with Gasteiger partial charge in [-0.2, -0.15) is 0 Å². The van der Waals surface area contributed by atoms with Crippen LogP contribution in [0.2, 0.25) is 0 Å². The Labute approximate surface area is 106 Å². The lowest BCUT2D eigenvalue weighted by Gasteiger charge is -2.21. The van der Waals surface area contributed by atoms with Crippen molar-refractivity contribution in [2.75, 3.05) is 18.5 Å². The van der Waals surface area contributed by atoms with Crippen LogP contribution < -0.4 is 4.90 Å². The van der Waals surface area contributed by atoms with Gasteiger partial charge in [-0.05, 0) is 30.0 Å². The van der Waals surface area contributed by atoms with E-state index < -0.39 is 0 Å². The predicted octanol–water partition coefficient (Wildman–Crippen LogP) is 3.42. The summed E-state index contributed by atoms with van der Waals surface area (Å²) in [5.74, 6) is 0.725. The van der Waals surface area contributed by atoms with Crippen LogP contribution in [0.5, 0.6) is 0 Å². The van der Waals surface area contributed by atoms with E-state index in [0.717, 1.165) is 22.5 Å². The molecule has 16 heavy (non-hydrogen) atoms. The molecule has 0 bridgehead atoms. The molecule has 1 rings (SSSR count). The van der Waals surface area contributed by atoms with E-state index in [0.29, 0.717) is 0 Å². The van der Waals surface area contributed by atoms with Gasteiger partial charge in [-0.15, -0.1) is 0 Å². The SMILES string of the molecule is CC(C)CCN(C)c1ccc(CO)c(Br)c1. The molecule has 90 valence electrons. The summed E-state index contributed by atoms with van der Waals surface area (Å²) >= 11 is 3.47. The minimum atomic E-state index is 0.0799. The van der Waals surface area contributed by atoms with Gasteiger partial charge in [0, 0.05) is 23.8 Å². The van der Waals surface area contributed by atoms with Gasteiger partial charge in [0.2, 0.25) is 0 Å². The second-order valence-corrected chi connectivity index (χ2v) is 5.39. The van der Waals surface area contributed by atoms with Crippen molar-refractivity contribution >= 4 is 21.6 Å². The second kappa shape index (κ2) is 6.26. The fourth-order valence-electron chi connectivity index (χ4n) is 1.48. The number of nitrogens with zero attached hydrogens (tertiary/aromatic N) is 1. The Bertz CT molecular complexity index is 339. The van der Waals surface area contributed by atoms with Crippen molar-refractivity contribution in [3.63, 3.8) is 0 Å². The molecular formula is C13H20BrNO. The van der Waals surface area contributed by atoms with E-state index in [9.17, 15) is 0 Å². The first-order valence-corrected chi connectivity index (χ1v) is 6.44. The Morgan fingerprint density at radius 3 is 2.56 bits per heavy atom. The quantitative estimate of drug-likeness (QED) is 0.896. The molecule has 1 N–H and O–H groups in total. The largest absolute Gasteiger partial charge is 0.392 e. The topological polar surface area (TPSA) is 23.5 Å². The number of halogens is 1. The van der Waals surface area contributed by atoms with Crippen LogP contribution in [-0.4, -0.2) is 18.7 Å². The number of aliphatic hydroxyl groups excluding tert-OH is 1. The maximum Gasteiger partial charge on any atom is 0.0692 e. The van der Waals surface area contributed by atoms with Crippen LogP contribution in [0.1, 0.15) is 25.8 Å². The summed E-state index contributed by atoms with van der Waals surface area (Å²) in [5, 5.41) is 9.08. The normalized spacial score (nSPS) is 10.9. The number of hydrogen-bond donors (Lipinski definition) is 1. The van der Waals surface area contributed by atoms with Crippen LogP contribution in [0.25, 0.3) is 0 Å². The first kappa shape index (κ1) is 13.5. The Hall–Kier alpha value is -0.540. The molecule has 0 radical (unpaired) electrons. The molecule has 3 heteroatoms. The molecular weight excluding hydrogens is 266 g/mol. The van der Waals surface area contributed by atoms with E-state index in [1.807, 2.05) is 6.07 Å². The number of anilines is 1. The Balaban J connectivity index is 2.69. The summed E-state index contributed by atoms with van der Waals surface area (Å²) in [5.41, 5.74) is 2.12. The molecule has 0 unspecified atom stereocenters. The van der Waals surface area contributed by atoms with Crippen molar-refractivity contribution in [1.82, 2.24) is 0 Å². The lowest BCUT2D eigenvalue weighted by molar-refractivity contribution is 0.281. The molecule has 1 aromatic rings. The highest BCUT2D eigenvalue weighted by molar-refractivity contribution is 9.10. The van der Waals surface area contributed by atoms with Gasteiger partial charge in [0.05, 0.1) is 6.61 Å². The summed E-state index contributed by atoms with van der Waals surface area (Å²) in [6.45, 7) is 5.61. The third-order valence-corrected chi connectivity index (χ3v) is 3.43. The Kier molecular flexibility index (Phi) is 5.29.